The second kappa shape index (κ2) is 4.94. The number of aliphatic hydroxyl groups is 1. The van der Waals surface area contributed by atoms with E-state index in [4.69, 9.17) is 5.11 Å². The van der Waals surface area contributed by atoms with Crippen molar-refractivity contribution in [2.24, 2.45) is 0 Å². The maximum absolute atomic E-state index is 13.3. The molecular formula is C10H16FN3O3S. The molecule has 0 aliphatic carbocycles. The summed E-state index contributed by atoms with van der Waals surface area (Å²) in [5, 5.41) is 13.1. The molecule has 0 spiro atoms. The molecule has 1 aromatic rings. The number of hydrogen-bond acceptors (Lipinski definition) is 4. The van der Waals surface area contributed by atoms with Gasteiger partial charge in [-0.3, -0.25) is 4.68 Å². The number of aliphatic hydroxyl groups excluding tert-OH is 1. The first-order valence-corrected chi connectivity index (χ1v) is 7.23. The minimum atomic E-state index is -3.80. The topological polar surface area (TPSA) is 75.4 Å². The summed E-state index contributed by atoms with van der Waals surface area (Å²) in [6, 6.07) is 0.698. The number of alkyl halides is 1. The smallest absolute Gasteiger partial charge is 0.260 e. The monoisotopic (exact) mass is 277 g/mol. The summed E-state index contributed by atoms with van der Waals surface area (Å²) in [4.78, 5) is 0. The Morgan fingerprint density at radius 1 is 1.61 bits per heavy atom. The van der Waals surface area contributed by atoms with Crippen LogP contribution in [0, 0.1) is 0 Å². The Bertz CT molecular complexity index is 516. The number of rotatable bonds is 4. The minimum absolute atomic E-state index is 0.0377. The Morgan fingerprint density at radius 3 is 2.94 bits per heavy atom. The van der Waals surface area contributed by atoms with Crippen LogP contribution in [0.2, 0.25) is 0 Å². The quantitative estimate of drug-likeness (QED) is 0.840. The fourth-order valence-electron chi connectivity index (χ4n) is 2.19. The zero-order valence-corrected chi connectivity index (χ0v) is 10.8. The lowest BCUT2D eigenvalue weighted by Gasteiger charge is -2.22. The molecule has 0 radical (unpaired) electrons. The van der Waals surface area contributed by atoms with E-state index in [9.17, 15) is 12.8 Å². The first kappa shape index (κ1) is 13.4. The Labute approximate surface area is 105 Å². The first-order valence-electron chi connectivity index (χ1n) is 5.79. The molecule has 8 heteroatoms. The van der Waals surface area contributed by atoms with Crippen LogP contribution in [-0.2, 0) is 16.6 Å². The normalized spacial score (nSPS) is 25.7. The van der Waals surface area contributed by atoms with Crippen LogP contribution in [-0.4, -0.2) is 53.0 Å². The highest BCUT2D eigenvalue weighted by Crippen LogP contribution is 2.27. The summed E-state index contributed by atoms with van der Waals surface area (Å²) >= 11 is 0. The van der Waals surface area contributed by atoms with Crippen LogP contribution < -0.4 is 0 Å². The highest BCUT2D eigenvalue weighted by Gasteiger charge is 2.41. The summed E-state index contributed by atoms with van der Waals surface area (Å²) in [7, 11) is -3.80. The minimum Gasteiger partial charge on any atom is -0.395 e. The highest BCUT2D eigenvalue weighted by molar-refractivity contribution is 7.89. The van der Waals surface area contributed by atoms with Crippen molar-refractivity contribution < 1.29 is 17.9 Å². The lowest BCUT2D eigenvalue weighted by Crippen LogP contribution is -2.38. The van der Waals surface area contributed by atoms with Crippen LogP contribution in [0.4, 0.5) is 4.39 Å². The molecule has 1 aromatic heterocycles. The lowest BCUT2D eigenvalue weighted by atomic mass is 10.2. The van der Waals surface area contributed by atoms with E-state index in [1.54, 1.807) is 6.92 Å². The molecule has 2 rings (SSSR count). The molecule has 1 N–H and O–H groups in total. The van der Waals surface area contributed by atoms with Crippen LogP contribution in [0.1, 0.15) is 13.3 Å². The average Bonchev–Trinajstić information content (AvgIpc) is 2.94. The fourth-order valence-corrected chi connectivity index (χ4v) is 4.01. The van der Waals surface area contributed by atoms with Gasteiger partial charge in [0.15, 0.2) is 5.03 Å². The van der Waals surface area contributed by atoms with Gasteiger partial charge in [-0.05, 0) is 19.4 Å². The van der Waals surface area contributed by atoms with E-state index in [1.165, 1.54) is 16.9 Å². The summed E-state index contributed by atoms with van der Waals surface area (Å²) in [5.41, 5.74) is 0. The van der Waals surface area contributed by atoms with Crippen molar-refractivity contribution in [3.63, 3.8) is 0 Å². The van der Waals surface area contributed by atoms with Gasteiger partial charge in [-0.1, -0.05) is 0 Å². The van der Waals surface area contributed by atoms with E-state index in [0.717, 1.165) is 4.31 Å². The second-order valence-corrected chi connectivity index (χ2v) is 6.07. The molecule has 0 amide bonds. The molecule has 2 heterocycles. The Balaban J connectivity index is 2.37. The number of halogens is 1. The molecule has 0 unspecified atom stereocenters. The van der Waals surface area contributed by atoms with Crippen molar-refractivity contribution >= 4 is 10.0 Å². The van der Waals surface area contributed by atoms with Crippen molar-refractivity contribution in [2.75, 3.05) is 13.2 Å². The Morgan fingerprint density at radius 2 is 2.33 bits per heavy atom. The van der Waals surface area contributed by atoms with E-state index in [2.05, 4.69) is 5.10 Å². The van der Waals surface area contributed by atoms with Gasteiger partial charge in [0.2, 0.25) is 0 Å². The summed E-state index contributed by atoms with van der Waals surface area (Å²) in [5.74, 6) is 0. The molecule has 18 heavy (non-hydrogen) atoms. The van der Waals surface area contributed by atoms with Crippen molar-refractivity contribution in [3.8, 4) is 0 Å². The molecule has 102 valence electrons. The molecule has 6 nitrogen and oxygen atoms in total. The van der Waals surface area contributed by atoms with E-state index < -0.39 is 22.2 Å². The third-order valence-electron chi connectivity index (χ3n) is 3.07. The number of aromatic nitrogens is 2. The van der Waals surface area contributed by atoms with Gasteiger partial charge in [0.05, 0.1) is 18.8 Å². The standard InChI is InChI=1S/C10H16FN3O3S/c1-2-13-10(3-4-12-13)18(16,17)14-6-8(11)5-9(14)7-15/h3-4,8-9,15H,2,5-7H2,1H3/t8-,9-/m0/s1. The number of nitrogens with zero attached hydrogens (tertiary/aromatic N) is 3. The van der Waals surface area contributed by atoms with Crippen molar-refractivity contribution in [3.05, 3.63) is 12.3 Å². The predicted molar refractivity (Wildman–Crippen MR) is 62.2 cm³/mol. The van der Waals surface area contributed by atoms with Gasteiger partial charge in [-0.25, -0.2) is 12.8 Å². The average molecular weight is 277 g/mol. The summed E-state index contributed by atoms with van der Waals surface area (Å²) in [6.45, 7) is 1.61. The second-order valence-electron chi connectivity index (χ2n) is 4.23. The van der Waals surface area contributed by atoms with E-state index in [1.807, 2.05) is 0 Å². The van der Waals surface area contributed by atoms with Gasteiger partial charge in [0.1, 0.15) is 6.17 Å². The van der Waals surface area contributed by atoms with Crippen LogP contribution in [0.3, 0.4) is 0 Å². The largest absolute Gasteiger partial charge is 0.395 e. The Kier molecular flexibility index (Phi) is 3.69. The maximum atomic E-state index is 13.3. The predicted octanol–water partition coefficient (Wildman–Crippen LogP) is -0.00360. The van der Waals surface area contributed by atoms with Crippen LogP contribution in [0.15, 0.2) is 17.3 Å². The SMILES string of the molecule is CCn1nccc1S(=O)(=O)N1C[C@@H](F)C[C@H]1CO. The van der Waals surface area contributed by atoms with Crippen LogP contribution in [0.5, 0.6) is 0 Å². The molecular weight excluding hydrogens is 261 g/mol. The lowest BCUT2D eigenvalue weighted by molar-refractivity contribution is 0.212. The molecule has 0 aromatic carbocycles. The van der Waals surface area contributed by atoms with Crippen molar-refractivity contribution in [1.82, 2.24) is 14.1 Å². The molecule has 1 saturated heterocycles. The van der Waals surface area contributed by atoms with Gasteiger partial charge < -0.3 is 5.11 Å². The van der Waals surface area contributed by atoms with Gasteiger partial charge in [-0.2, -0.15) is 9.40 Å². The van der Waals surface area contributed by atoms with Crippen molar-refractivity contribution in [2.45, 2.75) is 37.1 Å². The van der Waals surface area contributed by atoms with E-state index >= 15 is 0 Å². The third kappa shape index (κ3) is 2.15. The maximum Gasteiger partial charge on any atom is 0.260 e. The van der Waals surface area contributed by atoms with Gasteiger partial charge >= 0.3 is 0 Å². The number of aryl methyl sites for hydroxylation is 1. The molecule has 0 saturated carbocycles. The molecule has 1 fully saturated rings. The van der Waals surface area contributed by atoms with E-state index in [0.29, 0.717) is 6.54 Å². The molecule has 0 bridgehead atoms. The van der Waals surface area contributed by atoms with Gasteiger partial charge in [0.25, 0.3) is 10.0 Å². The number of hydrogen-bond donors (Lipinski definition) is 1. The summed E-state index contributed by atoms with van der Waals surface area (Å²) in [6.07, 6.45) is 0.207. The van der Waals surface area contributed by atoms with Gasteiger partial charge in [-0.15, -0.1) is 0 Å². The number of sulfonamides is 1. The van der Waals surface area contributed by atoms with E-state index in [-0.39, 0.29) is 24.6 Å². The Hall–Kier alpha value is -0.990. The summed E-state index contributed by atoms with van der Waals surface area (Å²) < 4.78 is 40.5. The molecule has 1 aliphatic rings. The zero-order chi connectivity index (χ0) is 13.3. The molecule has 1 aliphatic heterocycles. The zero-order valence-electron chi connectivity index (χ0n) is 10.0. The highest BCUT2D eigenvalue weighted by atomic mass is 32.2. The van der Waals surface area contributed by atoms with Gasteiger partial charge in [0, 0.05) is 13.1 Å². The van der Waals surface area contributed by atoms with Crippen molar-refractivity contribution in [1.29, 1.82) is 0 Å². The first-order chi connectivity index (χ1) is 8.50. The van der Waals surface area contributed by atoms with Crippen LogP contribution in [0.25, 0.3) is 0 Å². The molecule has 2 atom stereocenters. The van der Waals surface area contributed by atoms with Crippen LogP contribution >= 0.6 is 0 Å². The fraction of sp³-hybridized carbons (Fsp3) is 0.700. The third-order valence-corrected chi connectivity index (χ3v) is 5.01.